The molecular formula is C15H20N2O2. The van der Waals surface area contributed by atoms with Gasteiger partial charge in [0.1, 0.15) is 6.29 Å². The molecule has 4 heteroatoms. The smallest absolute Gasteiger partial charge is 0.227 e. The maximum Gasteiger partial charge on any atom is 0.227 e. The van der Waals surface area contributed by atoms with Gasteiger partial charge in [-0.3, -0.25) is 4.79 Å². The van der Waals surface area contributed by atoms with Crippen molar-refractivity contribution in [2.45, 2.75) is 32.6 Å². The maximum absolute atomic E-state index is 12.0. The minimum absolute atomic E-state index is 0.0537. The van der Waals surface area contributed by atoms with Crippen LogP contribution in [0.1, 0.15) is 32.6 Å². The first-order chi connectivity index (χ1) is 9.20. The van der Waals surface area contributed by atoms with Crippen LogP contribution in [0.5, 0.6) is 0 Å². The molecule has 1 aliphatic carbocycles. The number of nitrogens with zero attached hydrogens (tertiary/aromatic N) is 1. The minimum atomic E-state index is 0.0537. The third-order valence-corrected chi connectivity index (χ3v) is 4.49. The van der Waals surface area contributed by atoms with Gasteiger partial charge in [0, 0.05) is 31.3 Å². The van der Waals surface area contributed by atoms with E-state index in [9.17, 15) is 9.59 Å². The molecule has 1 fully saturated rings. The number of carbonyl (C=O) groups is 2. The molecule has 0 saturated carbocycles. The van der Waals surface area contributed by atoms with Gasteiger partial charge in [0.15, 0.2) is 0 Å². The second-order valence-corrected chi connectivity index (χ2v) is 5.75. The molecule has 0 aromatic heterocycles. The lowest BCUT2D eigenvalue weighted by molar-refractivity contribution is -0.124. The van der Waals surface area contributed by atoms with Gasteiger partial charge in [-0.05, 0) is 24.8 Å². The number of rotatable bonds is 2. The van der Waals surface area contributed by atoms with Crippen LogP contribution < -0.4 is 5.32 Å². The summed E-state index contributed by atoms with van der Waals surface area (Å²) < 4.78 is 0. The van der Waals surface area contributed by atoms with E-state index in [-0.39, 0.29) is 11.8 Å². The van der Waals surface area contributed by atoms with E-state index in [0.29, 0.717) is 12.3 Å². The SMILES string of the molecule is CC1CCN2CC(CC=O)C3=C2C(=CCC3)NC1=O. The molecule has 4 nitrogen and oxygen atoms in total. The van der Waals surface area contributed by atoms with Crippen LogP contribution in [0.4, 0.5) is 0 Å². The van der Waals surface area contributed by atoms with Crippen molar-refractivity contribution in [3.8, 4) is 0 Å². The summed E-state index contributed by atoms with van der Waals surface area (Å²) in [5.74, 6) is 0.526. The Labute approximate surface area is 113 Å². The van der Waals surface area contributed by atoms with Crippen molar-refractivity contribution in [1.82, 2.24) is 10.2 Å². The maximum atomic E-state index is 12.0. The summed E-state index contributed by atoms with van der Waals surface area (Å²) in [5, 5.41) is 3.07. The number of amides is 1. The second kappa shape index (κ2) is 4.83. The van der Waals surface area contributed by atoms with Crippen LogP contribution in [0, 0.1) is 11.8 Å². The van der Waals surface area contributed by atoms with Gasteiger partial charge in [-0.15, -0.1) is 0 Å². The molecule has 1 amide bonds. The topological polar surface area (TPSA) is 49.4 Å². The molecule has 2 unspecified atom stereocenters. The summed E-state index contributed by atoms with van der Waals surface area (Å²) in [4.78, 5) is 25.2. The summed E-state index contributed by atoms with van der Waals surface area (Å²) in [6.45, 7) is 3.83. The molecule has 2 atom stereocenters. The third kappa shape index (κ3) is 2.09. The molecule has 1 N–H and O–H groups in total. The summed E-state index contributed by atoms with van der Waals surface area (Å²) in [5.41, 5.74) is 3.56. The molecule has 0 radical (unpaired) electrons. The Kier molecular flexibility index (Phi) is 3.17. The minimum Gasteiger partial charge on any atom is -0.369 e. The van der Waals surface area contributed by atoms with Gasteiger partial charge < -0.3 is 15.0 Å². The van der Waals surface area contributed by atoms with Crippen LogP contribution in [0.2, 0.25) is 0 Å². The van der Waals surface area contributed by atoms with E-state index in [1.165, 1.54) is 11.3 Å². The van der Waals surface area contributed by atoms with Crippen molar-refractivity contribution in [3.05, 3.63) is 23.0 Å². The summed E-state index contributed by atoms with van der Waals surface area (Å²) >= 11 is 0. The van der Waals surface area contributed by atoms with E-state index in [1.807, 2.05) is 6.92 Å². The lowest BCUT2D eigenvalue weighted by Gasteiger charge is -2.31. The number of allylic oxidation sites excluding steroid dienone is 1. The molecule has 0 bridgehead atoms. The highest BCUT2D eigenvalue weighted by molar-refractivity contribution is 5.81. The highest BCUT2D eigenvalue weighted by atomic mass is 16.1. The Bertz CT molecular complexity index is 479. The molecule has 0 spiro atoms. The molecule has 1 saturated heterocycles. The van der Waals surface area contributed by atoms with Crippen LogP contribution in [-0.4, -0.2) is 30.2 Å². The van der Waals surface area contributed by atoms with Gasteiger partial charge in [-0.25, -0.2) is 0 Å². The Hall–Kier alpha value is -1.58. The average Bonchev–Trinajstić information content (AvgIpc) is 2.75. The molecule has 102 valence electrons. The highest BCUT2D eigenvalue weighted by Gasteiger charge is 2.36. The molecule has 3 rings (SSSR count). The van der Waals surface area contributed by atoms with E-state index >= 15 is 0 Å². The molecular weight excluding hydrogens is 240 g/mol. The van der Waals surface area contributed by atoms with Crippen molar-refractivity contribution in [2.24, 2.45) is 11.8 Å². The Morgan fingerprint density at radius 1 is 1.53 bits per heavy atom. The molecule has 3 aliphatic rings. The molecule has 19 heavy (non-hydrogen) atoms. The normalized spacial score (nSPS) is 30.3. The summed E-state index contributed by atoms with van der Waals surface area (Å²) in [6.07, 6.45) is 6.63. The number of carbonyl (C=O) groups excluding carboxylic acids is 2. The number of nitrogens with one attached hydrogen (secondary N) is 1. The third-order valence-electron chi connectivity index (χ3n) is 4.49. The molecule has 0 aromatic rings. The van der Waals surface area contributed by atoms with E-state index in [2.05, 4.69) is 16.3 Å². The summed E-state index contributed by atoms with van der Waals surface area (Å²) in [6, 6.07) is 0. The van der Waals surface area contributed by atoms with Crippen molar-refractivity contribution in [2.75, 3.05) is 13.1 Å². The van der Waals surface area contributed by atoms with Gasteiger partial charge in [0.2, 0.25) is 5.91 Å². The van der Waals surface area contributed by atoms with Gasteiger partial charge in [-0.2, -0.15) is 0 Å². The first-order valence-electron chi connectivity index (χ1n) is 7.13. The zero-order valence-corrected chi connectivity index (χ0v) is 11.3. The Balaban J connectivity index is 1.95. The monoisotopic (exact) mass is 260 g/mol. The van der Waals surface area contributed by atoms with E-state index in [4.69, 9.17) is 0 Å². The van der Waals surface area contributed by atoms with Gasteiger partial charge >= 0.3 is 0 Å². The molecule has 0 aromatic carbocycles. The predicted molar refractivity (Wildman–Crippen MR) is 72.0 cm³/mol. The van der Waals surface area contributed by atoms with Crippen molar-refractivity contribution in [3.63, 3.8) is 0 Å². The van der Waals surface area contributed by atoms with Crippen molar-refractivity contribution < 1.29 is 9.59 Å². The fourth-order valence-electron chi connectivity index (χ4n) is 3.38. The Morgan fingerprint density at radius 3 is 3.16 bits per heavy atom. The predicted octanol–water partition coefficient (Wildman–Crippen LogP) is 1.59. The van der Waals surface area contributed by atoms with Gasteiger partial charge in [0.05, 0.1) is 11.4 Å². The van der Waals surface area contributed by atoms with E-state index < -0.39 is 0 Å². The molecule has 2 heterocycles. The second-order valence-electron chi connectivity index (χ2n) is 5.75. The largest absolute Gasteiger partial charge is 0.369 e. The fraction of sp³-hybridized carbons (Fsp3) is 0.600. The molecule has 2 aliphatic heterocycles. The van der Waals surface area contributed by atoms with Crippen LogP contribution >= 0.6 is 0 Å². The van der Waals surface area contributed by atoms with Crippen LogP contribution in [-0.2, 0) is 9.59 Å². The van der Waals surface area contributed by atoms with Crippen molar-refractivity contribution in [1.29, 1.82) is 0 Å². The average molecular weight is 260 g/mol. The van der Waals surface area contributed by atoms with Crippen LogP contribution in [0.3, 0.4) is 0 Å². The van der Waals surface area contributed by atoms with E-state index in [0.717, 1.165) is 44.3 Å². The van der Waals surface area contributed by atoms with Crippen LogP contribution in [0.15, 0.2) is 23.0 Å². The zero-order chi connectivity index (χ0) is 13.4. The van der Waals surface area contributed by atoms with E-state index in [1.54, 1.807) is 0 Å². The summed E-state index contributed by atoms with van der Waals surface area (Å²) in [7, 11) is 0. The number of aldehydes is 1. The lowest BCUT2D eigenvalue weighted by atomic mass is 9.90. The first-order valence-corrected chi connectivity index (χ1v) is 7.13. The van der Waals surface area contributed by atoms with Crippen LogP contribution in [0.25, 0.3) is 0 Å². The number of hydrogen-bond acceptors (Lipinski definition) is 3. The fourth-order valence-corrected chi connectivity index (χ4v) is 3.38. The first kappa shape index (κ1) is 12.5. The standard InChI is InChI=1S/C15H20N2O2/c1-10-5-7-17-9-11(6-8-18)12-3-2-4-13(14(12)17)16-15(10)19/h4,8,10-11H,2-3,5-7,9H2,1H3,(H,16,19). The highest BCUT2D eigenvalue weighted by Crippen LogP contribution is 2.40. The number of hydrogen-bond donors (Lipinski definition) is 1. The zero-order valence-electron chi connectivity index (χ0n) is 11.3. The lowest BCUT2D eigenvalue weighted by Crippen LogP contribution is -2.38. The van der Waals surface area contributed by atoms with Crippen molar-refractivity contribution >= 4 is 12.2 Å². The van der Waals surface area contributed by atoms with Gasteiger partial charge in [-0.1, -0.05) is 13.0 Å². The quantitative estimate of drug-likeness (QED) is 0.767. The Morgan fingerprint density at radius 2 is 2.37 bits per heavy atom. The van der Waals surface area contributed by atoms with Gasteiger partial charge in [0.25, 0.3) is 0 Å².